The van der Waals surface area contributed by atoms with Gasteiger partial charge in [-0.15, -0.1) is 0 Å². The van der Waals surface area contributed by atoms with Crippen LogP contribution in [0.2, 0.25) is 0 Å². The maximum absolute atomic E-state index is 12.7. The lowest BCUT2D eigenvalue weighted by molar-refractivity contribution is -0.137. The Morgan fingerprint density at radius 2 is 1.56 bits per heavy atom. The van der Waals surface area contributed by atoms with E-state index in [0.29, 0.717) is 16.6 Å². The van der Waals surface area contributed by atoms with E-state index in [4.69, 9.17) is 5.73 Å². The van der Waals surface area contributed by atoms with Crippen molar-refractivity contribution in [3.8, 4) is 11.4 Å². The van der Waals surface area contributed by atoms with E-state index in [-0.39, 0.29) is 16.4 Å². The van der Waals surface area contributed by atoms with Gasteiger partial charge < -0.3 is 5.73 Å². The van der Waals surface area contributed by atoms with Gasteiger partial charge >= 0.3 is 12.2 Å². The first-order valence-electron chi connectivity index (χ1n) is 9.14. The number of imidazole rings is 1. The second-order valence-electron chi connectivity index (χ2n) is 6.80. The van der Waals surface area contributed by atoms with Gasteiger partial charge in [-0.05, 0) is 60.7 Å². The van der Waals surface area contributed by atoms with Crippen molar-refractivity contribution in [3.05, 3.63) is 78.4 Å². The second kappa shape index (κ2) is 7.68. The Morgan fingerprint density at radius 1 is 0.938 bits per heavy atom. The predicted octanol–water partition coefficient (Wildman–Crippen LogP) is 4.45. The number of primary amides is 1. The van der Waals surface area contributed by atoms with Crippen LogP contribution in [0, 0.1) is 0 Å². The molecule has 0 atom stereocenters. The number of fused-ring (bicyclic) bond motifs is 1. The van der Waals surface area contributed by atoms with Crippen molar-refractivity contribution in [1.82, 2.24) is 9.55 Å². The Bertz CT molecular complexity index is 1410. The van der Waals surface area contributed by atoms with Gasteiger partial charge in [0.15, 0.2) is 0 Å². The molecule has 11 heteroatoms. The number of hydrogen-bond acceptors (Lipinski definition) is 4. The van der Waals surface area contributed by atoms with Crippen molar-refractivity contribution < 1.29 is 26.4 Å². The zero-order valence-electron chi connectivity index (χ0n) is 16.2. The molecule has 0 fully saturated rings. The second-order valence-corrected chi connectivity index (χ2v) is 8.49. The lowest BCUT2D eigenvalue weighted by atomic mass is 10.2. The highest BCUT2D eigenvalue weighted by molar-refractivity contribution is 7.92. The number of nitrogens with zero attached hydrogens (tertiary/aromatic N) is 2. The van der Waals surface area contributed by atoms with E-state index in [1.165, 1.54) is 28.8 Å². The van der Waals surface area contributed by atoms with Gasteiger partial charge in [0.25, 0.3) is 10.0 Å². The highest BCUT2D eigenvalue weighted by atomic mass is 32.2. The number of halogens is 3. The third-order valence-corrected chi connectivity index (χ3v) is 6.07. The molecule has 3 aromatic carbocycles. The van der Waals surface area contributed by atoms with E-state index in [0.717, 1.165) is 24.3 Å². The minimum Gasteiger partial charge on any atom is -0.351 e. The van der Waals surface area contributed by atoms with E-state index in [2.05, 4.69) is 9.71 Å². The summed E-state index contributed by atoms with van der Waals surface area (Å²) in [5.74, 6) is 0.248. The summed E-state index contributed by atoms with van der Waals surface area (Å²) in [6, 6.07) is 15.3. The summed E-state index contributed by atoms with van der Waals surface area (Å²) in [5.41, 5.74) is 6.10. The molecule has 0 aliphatic carbocycles. The molecule has 1 aromatic heterocycles. The van der Waals surface area contributed by atoms with Gasteiger partial charge in [-0.2, -0.15) is 13.2 Å². The van der Waals surface area contributed by atoms with Crippen LogP contribution in [0.25, 0.3) is 22.4 Å². The molecule has 32 heavy (non-hydrogen) atoms. The molecule has 0 radical (unpaired) electrons. The fourth-order valence-corrected chi connectivity index (χ4v) is 4.23. The number of sulfonamides is 1. The van der Waals surface area contributed by atoms with Gasteiger partial charge in [-0.25, -0.2) is 22.8 Å². The fourth-order valence-electron chi connectivity index (χ4n) is 3.17. The number of nitrogens with one attached hydrogen (secondary N) is 1. The number of carbonyl (C=O) groups is 1. The van der Waals surface area contributed by atoms with E-state index in [1.807, 2.05) is 0 Å². The number of aromatic nitrogens is 2. The summed E-state index contributed by atoms with van der Waals surface area (Å²) in [5, 5.41) is 0. The number of anilines is 1. The fraction of sp³-hybridized carbons (Fsp3) is 0.0476. The van der Waals surface area contributed by atoms with Crippen LogP contribution in [0.1, 0.15) is 5.56 Å². The minimum atomic E-state index is -4.52. The molecule has 1 amide bonds. The van der Waals surface area contributed by atoms with Gasteiger partial charge in [-0.1, -0.05) is 12.1 Å². The molecule has 0 unspecified atom stereocenters. The predicted molar refractivity (Wildman–Crippen MR) is 112 cm³/mol. The zero-order chi connectivity index (χ0) is 23.1. The Labute approximate surface area is 180 Å². The standard InChI is InChI=1S/C21H15F3N4O3S/c22-21(23,24)14-7-9-15(10-8-14)27-32(30,31)16-11-5-13(6-12-16)19-26-17-3-1-2-4-18(17)28(19)20(25)29/h1-12,27H,(H2,25,29). The molecular formula is C21H15F3N4O3S. The summed E-state index contributed by atoms with van der Waals surface area (Å²) < 4.78 is 66.7. The first-order chi connectivity index (χ1) is 15.1. The molecular weight excluding hydrogens is 445 g/mol. The molecule has 1 heterocycles. The number of para-hydroxylation sites is 2. The number of nitrogens with two attached hydrogens (primary N) is 1. The molecule has 0 saturated carbocycles. The smallest absolute Gasteiger partial charge is 0.351 e. The SMILES string of the molecule is NC(=O)n1c(-c2ccc(S(=O)(=O)Nc3ccc(C(F)(F)F)cc3)cc2)nc2ccccc21. The highest BCUT2D eigenvalue weighted by Crippen LogP contribution is 2.30. The number of alkyl halides is 3. The number of hydrogen-bond donors (Lipinski definition) is 2. The number of rotatable bonds is 4. The van der Waals surface area contributed by atoms with Crippen molar-refractivity contribution in [3.63, 3.8) is 0 Å². The highest BCUT2D eigenvalue weighted by Gasteiger charge is 2.30. The summed E-state index contributed by atoms with van der Waals surface area (Å²) in [7, 11) is -4.06. The van der Waals surface area contributed by atoms with Crippen LogP contribution in [-0.4, -0.2) is 24.0 Å². The van der Waals surface area contributed by atoms with Gasteiger partial charge in [0, 0.05) is 11.3 Å². The molecule has 0 saturated heterocycles. The summed E-state index contributed by atoms with van der Waals surface area (Å²) in [6.45, 7) is 0. The Kier molecular flexibility index (Phi) is 5.13. The number of amides is 1. The lowest BCUT2D eigenvalue weighted by Gasteiger charge is -2.11. The van der Waals surface area contributed by atoms with E-state index >= 15 is 0 Å². The Balaban J connectivity index is 1.63. The van der Waals surface area contributed by atoms with E-state index in [9.17, 15) is 26.4 Å². The molecule has 164 valence electrons. The largest absolute Gasteiger partial charge is 0.416 e. The maximum Gasteiger partial charge on any atom is 0.416 e. The third kappa shape index (κ3) is 4.02. The minimum absolute atomic E-state index is 0.0161. The van der Waals surface area contributed by atoms with Crippen LogP contribution in [0.15, 0.2) is 77.7 Å². The third-order valence-electron chi connectivity index (χ3n) is 4.67. The lowest BCUT2D eigenvalue weighted by Crippen LogP contribution is -2.20. The van der Waals surface area contributed by atoms with Gasteiger partial charge in [0.1, 0.15) is 5.82 Å². The maximum atomic E-state index is 12.7. The van der Waals surface area contributed by atoms with Crippen LogP contribution in [0.4, 0.5) is 23.7 Å². The topological polar surface area (TPSA) is 107 Å². The van der Waals surface area contributed by atoms with Crippen LogP contribution in [0.5, 0.6) is 0 Å². The molecule has 3 N–H and O–H groups in total. The normalized spacial score (nSPS) is 12.1. The quantitative estimate of drug-likeness (QED) is 0.469. The van der Waals surface area contributed by atoms with Crippen LogP contribution < -0.4 is 10.5 Å². The molecule has 0 aliphatic heterocycles. The Hall–Kier alpha value is -3.86. The molecule has 7 nitrogen and oxygen atoms in total. The van der Waals surface area contributed by atoms with Crippen LogP contribution >= 0.6 is 0 Å². The van der Waals surface area contributed by atoms with Crippen molar-refractivity contribution >= 4 is 32.8 Å². The molecule has 4 rings (SSSR count). The van der Waals surface area contributed by atoms with Crippen molar-refractivity contribution in [1.29, 1.82) is 0 Å². The van der Waals surface area contributed by atoms with E-state index < -0.39 is 27.8 Å². The average Bonchev–Trinajstić information content (AvgIpc) is 3.13. The van der Waals surface area contributed by atoms with Gasteiger partial charge in [0.05, 0.1) is 21.5 Å². The van der Waals surface area contributed by atoms with Crippen LogP contribution in [-0.2, 0) is 16.2 Å². The van der Waals surface area contributed by atoms with Crippen molar-refractivity contribution in [2.45, 2.75) is 11.1 Å². The molecule has 0 aliphatic rings. The molecule has 0 bridgehead atoms. The number of benzene rings is 3. The first kappa shape index (κ1) is 21.4. The number of carbonyl (C=O) groups excluding carboxylic acids is 1. The van der Waals surface area contributed by atoms with Crippen molar-refractivity contribution in [2.75, 3.05) is 4.72 Å². The van der Waals surface area contributed by atoms with Crippen LogP contribution in [0.3, 0.4) is 0 Å². The summed E-state index contributed by atoms with van der Waals surface area (Å²) >= 11 is 0. The zero-order valence-corrected chi connectivity index (χ0v) is 17.0. The van der Waals surface area contributed by atoms with Gasteiger partial charge in [0.2, 0.25) is 0 Å². The molecule has 4 aromatic rings. The van der Waals surface area contributed by atoms with Crippen molar-refractivity contribution in [2.24, 2.45) is 5.73 Å². The summed E-state index contributed by atoms with van der Waals surface area (Å²) in [4.78, 5) is 16.2. The monoisotopic (exact) mass is 460 g/mol. The first-order valence-corrected chi connectivity index (χ1v) is 10.6. The summed E-state index contributed by atoms with van der Waals surface area (Å²) in [6.07, 6.45) is -4.52. The van der Waals surface area contributed by atoms with E-state index in [1.54, 1.807) is 24.3 Å². The van der Waals surface area contributed by atoms with Gasteiger partial charge in [-0.3, -0.25) is 4.72 Å². The Morgan fingerprint density at radius 3 is 2.16 bits per heavy atom. The average molecular weight is 460 g/mol. The molecule has 0 spiro atoms.